The summed E-state index contributed by atoms with van der Waals surface area (Å²) < 4.78 is 11.1. The molecule has 1 unspecified atom stereocenters. The van der Waals surface area contributed by atoms with Gasteiger partial charge in [0.1, 0.15) is 0 Å². The van der Waals surface area contributed by atoms with Crippen LogP contribution in [0.3, 0.4) is 0 Å². The molecule has 0 fully saturated rings. The maximum atomic E-state index is 6.04. The molecule has 0 N–H and O–H groups in total. The van der Waals surface area contributed by atoms with E-state index in [2.05, 4.69) is 39.3 Å². The highest BCUT2D eigenvalue weighted by Crippen LogP contribution is 2.11. The van der Waals surface area contributed by atoms with Crippen LogP contribution in [0.2, 0.25) is 51.4 Å². The lowest BCUT2D eigenvalue weighted by atomic mass is 10.7. The van der Waals surface area contributed by atoms with Gasteiger partial charge in [0.25, 0.3) is 0 Å². The zero-order chi connectivity index (χ0) is 13.5. The number of ether oxygens (including phenoxy) is 2. The third-order valence-electron chi connectivity index (χ3n) is 2.40. The van der Waals surface area contributed by atoms with E-state index in [0.29, 0.717) is 6.61 Å². The minimum atomic E-state index is -1.01. The molecule has 1 atom stereocenters. The fraction of sp³-hybridized carbons (Fsp3) is 1.00. The van der Waals surface area contributed by atoms with Crippen molar-refractivity contribution in [1.82, 2.24) is 0 Å². The van der Waals surface area contributed by atoms with E-state index in [1.54, 1.807) is 0 Å². The molecule has 0 aromatic rings. The molecule has 0 bridgehead atoms. The van der Waals surface area contributed by atoms with Gasteiger partial charge in [-0.2, -0.15) is 0 Å². The lowest BCUT2D eigenvalue weighted by Crippen LogP contribution is -2.25. The fourth-order valence-corrected chi connectivity index (χ4v) is 2.76. The first-order valence-electron chi connectivity index (χ1n) is 6.44. The van der Waals surface area contributed by atoms with E-state index >= 15 is 0 Å². The third kappa shape index (κ3) is 14.6. The highest BCUT2D eigenvalue weighted by molar-refractivity contribution is 6.76. The van der Waals surface area contributed by atoms with Gasteiger partial charge in [-0.15, -0.1) is 0 Å². The van der Waals surface area contributed by atoms with Crippen molar-refractivity contribution in [1.29, 1.82) is 0 Å². The van der Waals surface area contributed by atoms with Crippen molar-refractivity contribution >= 4 is 27.7 Å². The second kappa shape index (κ2) is 7.94. The monoisotopic (exact) mass is 296 g/mol. The lowest BCUT2D eigenvalue weighted by Gasteiger charge is -2.19. The molecule has 17 heavy (non-hydrogen) atoms. The summed E-state index contributed by atoms with van der Waals surface area (Å²) in [6.45, 7) is 16.1. The molecular weight excluding hydrogens is 268 g/mol. The van der Waals surface area contributed by atoms with Crippen molar-refractivity contribution < 1.29 is 9.47 Å². The molecule has 0 aliphatic carbocycles. The number of halogens is 1. The van der Waals surface area contributed by atoms with Crippen molar-refractivity contribution in [2.45, 2.75) is 56.9 Å². The van der Waals surface area contributed by atoms with Gasteiger partial charge in [0.15, 0.2) is 5.56 Å². The first kappa shape index (κ1) is 17.6. The van der Waals surface area contributed by atoms with E-state index in [9.17, 15) is 0 Å². The summed E-state index contributed by atoms with van der Waals surface area (Å²) in [6, 6.07) is 2.34. The molecule has 0 saturated carbocycles. The maximum absolute atomic E-state index is 6.04. The first-order chi connectivity index (χ1) is 7.60. The number of rotatable bonds is 9. The summed E-state index contributed by atoms with van der Waals surface area (Å²) >= 11 is 6.04. The molecule has 0 radical (unpaired) electrons. The smallest absolute Gasteiger partial charge is 0.154 e. The predicted molar refractivity (Wildman–Crippen MR) is 82.7 cm³/mol. The Balaban J connectivity index is 3.44. The molecule has 0 aliphatic rings. The molecule has 0 amide bonds. The van der Waals surface area contributed by atoms with Crippen LogP contribution in [0.25, 0.3) is 0 Å². The van der Waals surface area contributed by atoms with Gasteiger partial charge in [0.05, 0.1) is 6.61 Å². The van der Waals surface area contributed by atoms with E-state index < -0.39 is 16.1 Å². The second-order valence-electron chi connectivity index (χ2n) is 6.98. The number of hydrogen-bond donors (Lipinski definition) is 0. The van der Waals surface area contributed by atoms with Crippen LogP contribution < -0.4 is 0 Å². The molecule has 5 heteroatoms. The van der Waals surface area contributed by atoms with Crippen molar-refractivity contribution in [3.8, 4) is 0 Å². The quantitative estimate of drug-likeness (QED) is 0.359. The van der Waals surface area contributed by atoms with Gasteiger partial charge >= 0.3 is 0 Å². The van der Waals surface area contributed by atoms with Gasteiger partial charge < -0.3 is 9.47 Å². The van der Waals surface area contributed by atoms with E-state index in [4.69, 9.17) is 21.1 Å². The first-order valence-corrected chi connectivity index (χ1v) is 14.3. The Hall–Kier alpha value is 0.644. The molecule has 0 saturated heterocycles. The summed E-state index contributed by atoms with van der Waals surface area (Å²) in [5.41, 5.74) is -0.284. The minimum Gasteiger partial charge on any atom is -0.378 e. The Kier molecular flexibility index (Phi) is 8.24. The van der Waals surface area contributed by atoms with Crippen LogP contribution in [-0.4, -0.2) is 41.5 Å². The summed E-state index contributed by atoms with van der Waals surface area (Å²) in [7, 11) is -1.99. The second-order valence-corrected chi connectivity index (χ2v) is 18.7. The standard InChI is InChI=1S/C12H29ClO2Si2/c1-16(2,3)9-7-14-11-12(13)15-8-10-17(4,5)6/h12H,7-11H2,1-6H3. The molecule has 0 spiro atoms. The van der Waals surface area contributed by atoms with Gasteiger partial charge in [-0.1, -0.05) is 50.9 Å². The average Bonchev–Trinajstić information content (AvgIpc) is 2.09. The summed E-state index contributed by atoms with van der Waals surface area (Å²) in [5.74, 6) is 0. The molecule has 0 aromatic carbocycles. The van der Waals surface area contributed by atoms with E-state index in [1.165, 1.54) is 6.04 Å². The summed E-state index contributed by atoms with van der Waals surface area (Å²) in [4.78, 5) is 0. The molecule has 0 aromatic heterocycles. The van der Waals surface area contributed by atoms with Crippen LogP contribution in [0.1, 0.15) is 0 Å². The largest absolute Gasteiger partial charge is 0.378 e. The minimum absolute atomic E-state index is 0.284. The van der Waals surface area contributed by atoms with E-state index in [0.717, 1.165) is 19.3 Å². The molecule has 104 valence electrons. The highest BCUT2D eigenvalue weighted by Gasteiger charge is 2.15. The zero-order valence-electron chi connectivity index (χ0n) is 12.3. The van der Waals surface area contributed by atoms with Gasteiger partial charge in [-0.05, 0) is 12.1 Å². The highest BCUT2D eigenvalue weighted by atomic mass is 35.5. The van der Waals surface area contributed by atoms with Crippen LogP contribution in [0.5, 0.6) is 0 Å². The normalized spacial score (nSPS) is 15.0. The Labute approximate surface area is 114 Å². The van der Waals surface area contributed by atoms with Crippen LogP contribution in [0, 0.1) is 0 Å². The number of alkyl halides is 1. The topological polar surface area (TPSA) is 18.5 Å². The molecule has 0 heterocycles. The zero-order valence-corrected chi connectivity index (χ0v) is 15.1. The Bertz CT molecular complexity index is 200. The van der Waals surface area contributed by atoms with Crippen molar-refractivity contribution in [3.05, 3.63) is 0 Å². The molecule has 0 aliphatic heterocycles. The Morgan fingerprint density at radius 2 is 1.35 bits per heavy atom. The predicted octanol–water partition coefficient (Wildman–Crippen LogP) is 4.26. The van der Waals surface area contributed by atoms with Crippen LogP contribution in [0.4, 0.5) is 0 Å². The Morgan fingerprint density at radius 1 is 0.882 bits per heavy atom. The number of hydrogen-bond acceptors (Lipinski definition) is 2. The van der Waals surface area contributed by atoms with Gasteiger partial charge in [-0.3, -0.25) is 0 Å². The van der Waals surface area contributed by atoms with Crippen LogP contribution >= 0.6 is 11.6 Å². The van der Waals surface area contributed by atoms with Crippen molar-refractivity contribution in [2.75, 3.05) is 19.8 Å². The van der Waals surface area contributed by atoms with Gasteiger partial charge in [-0.25, -0.2) is 0 Å². The van der Waals surface area contributed by atoms with Gasteiger partial charge in [0.2, 0.25) is 0 Å². The molecule has 0 rings (SSSR count). The maximum Gasteiger partial charge on any atom is 0.154 e. The van der Waals surface area contributed by atoms with E-state index in [1.807, 2.05) is 0 Å². The fourth-order valence-electron chi connectivity index (χ4n) is 1.10. The summed E-state index contributed by atoms with van der Waals surface area (Å²) in [6.07, 6.45) is 0. The van der Waals surface area contributed by atoms with Gasteiger partial charge in [0, 0.05) is 29.4 Å². The van der Waals surface area contributed by atoms with E-state index in [-0.39, 0.29) is 5.56 Å². The molecule has 2 nitrogen and oxygen atoms in total. The Morgan fingerprint density at radius 3 is 1.82 bits per heavy atom. The van der Waals surface area contributed by atoms with Crippen LogP contribution in [-0.2, 0) is 9.47 Å². The van der Waals surface area contributed by atoms with Crippen molar-refractivity contribution in [2.24, 2.45) is 0 Å². The summed E-state index contributed by atoms with van der Waals surface area (Å²) in [5, 5.41) is 0. The lowest BCUT2D eigenvalue weighted by molar-refractivity contribution is 0.0345. The molecular formula is C12H29ClO2Si2. The van der Waals surface area contributed by atoms with Crippen LogP contribution in [0.15, 0.2) is 0 Å². The third-order valence-corrected chi connectivity index (χ3v) is 6.06. The SMILES string of the molecule is C[Si](C)(C)CCOCC(Cl)OCC[Si](C)(C)C. The van der Waals surface area contributed by atoms with Crippen molar-refractivity contribution in [3.63, 3.8) is 0 Å². The average molecular weight is 297 g/mol.